The van der Waals surface area contributed by atoms with Crippen molar-refractivity contribution in [3.8, 4) is 0 Å². The van der Waals surface area contributed by atoms with Crippen molar-refractivity contribution in [1.29, 1.82) is 0 Å². The molecule has 0 amide bonds. The highest BCUT2D eigenvalue weighted by Gasteiger charge is 2.41. The second kappa shape index (κ2) is 5.48. The Hall–Kier alpha value is -0.120. The summed E-state index contributed by atoms with van der Waals surface area (Å²) in [7, 11) is 3.40. The molecule has 16 heavy (non-hydrogen) atoms. The molecule has 0 radical (unpaired) electrons. The van der Waals surface area contributed by atoms with Gasteiger partial charge in [0.05, 0.1) is 6.04 Å². The van der Waals surface area contributed by atoms with E-state index in [-0.39, 0.29) is 12.3 Å². The molecule has 1 unspecified atom stereocenters. The van der Waals surface area contributed by atoms with Crippen LogP contribution in [-0.2, 0) is 9.47 Å². The van der Waals surface area contributed by atoms with Crippen LogP contribution in [0.1, 0.15) is 32.6 Å². The molecule has 2 aliphatic rings. The first kappa shape index (κ1) is 12.3. The zero-order valence-electron chi connectivity index (χ0n) is 10.7. The maximum absolute atomic E-state index is 5.26. The number of methoxy groups -OCH3 is 2. The minimum Gasteiger partial charge on any atom is -0.354 e. The fourth-order valence-corrected chi connectivity index (χ4v) is 2.69. The Balaban J connectivity index is 1.71. The lowest BCUT2D eigenvalue weighted by Gasteiger charge is -2.25. The number of nitrogens with one attached hydrogen (secondary N) is 1. The third-order valence-electron chi connectivity index (χ3n) is 4.00. The van der Waals surface area contributed by atoms with Gasteiger partial charge in [-0.15, -0.1) is 0 Å². The Morgan fingerprint density at radius 1 is 1.06 bits per heavy atom. The van der Waals surface area contributed by atoms with Crippen LogP contribution in [0.25, 0.3) is 0 Å². The molecule has 2 aliphatic carbocycles. The highest BCUT2D eigenvalue weighted by molar-refractivity contribution is 4.92. The van der Waals surface area contributed by atoms with Gasteiger partial charge in [0, 0.05) is 14.2 Å². The average molecular weight is 227 g/mol. The highest BCUT2D eigenvalue weighted by Crippen LogP contribution is 2.48. The van der Waals surface area contributed by atoms with Crippen LogP contribution in [0, 0.1) is 17.8 Å². The number of ether oxygens (including phenoxy) is 2. The van der Waals surface area contributed by atoms with E-state index in [9.17, 15) is 0 Å². The Morgan fingerprint density at radius 2 is 1.56 bits per heavy atom. The standard InChI is InChI=1S/C13H25NO2/c1-9(13(15-2)16-3)14-8-12(10-4-5-10)11-6-7-11/h9-14H,4-8H2,1-3H3. The Bertz CT molecular complexity index is 198. The molecule has 0 heterocycles. The molecule has 0 bridgehead atoms. The van der Waals surface area contributed by atoms with E-state index in [4.69, 9.17) is 9.47 Å². The molecule has 0 aromatic carbocycles. The summed E-state index contributed by atoms with van der Waals surface area (Å²) < 4.78 is 10.5. The Morgan fingerprint density at radius 3 is 1.94 bits per heavy atom. The number of hydrogen-bond donors (Lipinski definition) is 1. The largest absolute Gasteiger partial charge is 0.354 e. The Kier molecular flexibility index (Phi) is 4.22. The molecule has 2 saturated carbocycles. The molecule has 0 spiro atoms. The zero-order chi connectivity index (χ0) is 11.5. The molecule has 1 N–H and O–H groups in total. The molecule has 0 aromatic rings. The predicted molar refractivity (Wildman–Crippen MR) is 64.2 cm³/mol. The molecular weight excluding hydrogens is 202 g/mol. The summed E-state index contributed by atoms with van der Waals surface area (Å²) in [6.45, 7) is 3.27. The molecule has 2 rings (SSSR count). The van der Waals surface area contributed by atoms with E-state index in [1.165, 1.54) is 25.7 Å². The van der Waals surface area contributed by atoms with Crippen LogP contribution in [0.5, 0.6) is 0 Å². The summed E-state index contributed by atoms with van der Waals surface area (Å²) >= 11 is 0. The zero-order valence-corrected chi connectivity index (χ0v) is 10.7. The molecule has 94 valence electrons. The lowest BCUT2D eigenvalue weighted by molar-refractivity contribution is -0.119. The smallest absolute Gasteiger partial charge is 0.171 e. The quantitative estimate of drug-likeness (QED) is 0.644. The van der Waals surface area contributed by atoms with Crippen molar-refractivity contribution >= 4 is 0 Å². The van der Waals surface area contributed by atoms with Gasteiger partial charge in [-0.1, -0.05) is 0 Å². The van der Waals surface area contributed by atoms with E-state index < -0.39 is 0 Å². The van der Waals surface area contributed by atoms with Crippen molar-refractivity contribution in [3.63, 3.8) is 0 Å². The minimum atomic E-state index is -0.126. The van der Waals surface area contributed by atoms with E-state index in [1.54, 1.807) is 14.2 Å². The van der Waals surface area contributed by atoms with Crippen molar-refractivity contribution in [1.82, 2.24) is 5.32 Å². The minimum absolute atomic E-state index is 0.126. The van der Waals surface area contributed by atoms with Gasteiger partial charge in [0.1, 0.15) is 0 Å². The van der Waals surface area contributed by atoms with E-state index in [1.807, 2.05) is 0 Å². The van der Waals surface area contributed by atoms with Gasteiger partial charge in [-0.3, -0.25) is 0 Å². The van der Waals surface area contributed by atoms with Crippen molar-refractivity contribution < 1.29 is 9.47 Å². The molecule has 3 heteroatoms. The van der Waals surface area contributed by atoms with Gasteiger partial charge in [-0.05, 0) is 56.9 Å². The van der Waals surface area contributed by atoms with Crippen LogP contribution in [0.2, 0.25) is 0 Å². The van der Waals surface area contributed by atoms with Crippen molar-refractivity contribution in [2.75, 3.05) is 20.8 Å². The van der Waals surface area contributed by atoms with Gasteiger partial charge in [-0.2, -0.15) is 0 Å². The van der Waals surface area contributed by atoms with Crippen molar-refractivity contribution in [2.45, 2.75) is 44.9 Å². The van der Waals surface area contributed by atoms with Crippen molar-refractivity contribution in [2.24, 2.45) is 17.8 Å². The van der Waals surface area contributed by atoms with Crippen LogP contribution in [-0.4, -0.2) is 33.1 Å². The van der Waals surface area contributed by atoms with E-state index in [2.05, 4.69) is 12.2 Å². The molecular formula is C13H25NO2. The fourth-order valence-electron chi connectivity index (χ4n) is 2.69. The third kappa shape index (κ3) is 3.19. The van der Waals surface area contributed by atoms with Gasteiger partial charge in [0.25, 0.3) is 0 Å². The molecule has 0 aromatic heterocycles. The maximum atomic E-state index is 5.26. The predicted octanol–water partition coefficient (Wildman–Crippen LogP) is 2.02. The molecule has 3 nitrogen and oxygen atoms in total. The third-order valence-corrected chi connectivity index (χ3v) is 4.00. The van der Waals surface area contributed by atoms with Gasteiger partial charge >= 0.3 is 0 Å². The van der Waals surface area contributed by atoms with E-state index in [0.29, 0.717) is 0 Å². The van der Waals surface area contributed by atoms with Gasteiger partial charge in [-0.25, -0.2) is 0 Å². The monoisotopic (exact) mass is 227 g/mol. The van der Waals surface area contributed by atoms with E-state index in [0.717, 1.165) is 24.3 Å². The highest BCUT2D eigenvalue weighted by atomic mass is 16.7. The lowest BCUT2D eigenvalue weighted by Crippen LogP contribution is -2.42. The summed E-state index contributed by atoms with van der Waals surface area (Å²) in [4.78, 5) is 0. The van der Waals surface area contributed by atoms with E-state index >= 15 is 0 Å². The van der Waals surface area contributed by atoms with Crippen LogP contribution in [0.3, 0.4) is 0 Å². The normalized spacial score (nSPS) is 23.1. The summed E-state index contributed by atoms with van der Waals surface area (Å²) in [6, 6.07) is 0.273. The first-order chi connectivity index (χ1) is 7.76. The summed E-state index contributed by atoms with van der Waals surface area (Å²) in [5.74, 6) is 2.93. The lowest BCUT2D eigenvalue weighted by atomic mass is 9.97. The van der Waals surface area contributed by atoms with Crippen LogP contribution in [0.15, 0.2) is 0 Å². The van der Waals surface area contributed by atoms with Crippen LogP contribution < -0.4 is 5.32 Å². The molecule has 2 fully saturated rings. The molecule has 0 saturated heterocycles. The number of rotatable bonds is 8. The molecule has 1 atom stereocenters. The van der Waals surface area contributed by atoms with Gasteiger partial charge in [0.15, 0.2) is 6.29 Å². The van der Waals surface area contributed by atoms with Crippen LogP contribution >= 0.6 is 0 Å². The van der Waals surface area contributed by atoms with Crippen LogP contribution in [0.4, 0.5) is 0 Å². The fraction of sp³-hybridized carbons (Fsp3) is 1.00. The second-order valence-corrected chi connectivity index (χ2v) is 5.38. The number of hydrogen-bond acceptors (Lipinski definition) is 3. The van der Waals surface area contributed by atoms with Crippen molar-refractivity contribution in [3.05, 3.63) is 0 Å². The summed E-state index contributed by atoms with van der Waals surface area (Å²) in [5.41, 5.74) is 0. The summed E-state index contributed by atoms with van der Waals surface area (Å²) in [6.07, 6.45) is 5.69. The second-order valence-electron chi connectivity index (χ2n) is 5.38. The first-order valence-electron chi connectivity index (χ1n) is 6.55. The maximum Gasteiger partial charge on any atom is 0.171 e. The first-order valence-corrected chi connectivity index (χ1v) is 6.55. The SMILES string of the molecule is COC(OC)C(C)NCC(C1CC1)C1CC1. The Labute approximate surface area is 98.9 Å². The molecule has 0 aliphatic heterocycles. The average Bonchev–Trinajstić information content (AvgIpc) is 3.14. The van der Waals surface area contributed by atoms with Gasteiger partial charge < -0.3 is 14.8 Å². The van der Waals surface area contributed by atoms with Gasteiger partial charge in [0.2, 0.25) is 0 Å². The topological polar surface area (TPSA) is 30.5 Å². The summed E-state index contributed by atoms with van der Waals surface area (Å²) in [5, 5.41) is 3.58.